The van der Waals surface area contributed by atoms with Gasteiger partial charge in [-0.05, 0) is 65.6 Å². The lowest BCUT2D eigenvalue weighted by atomic mass is 9.87. The fourth-order valence-electron chi connectivity index (χ4n) is 10.5. The van der Waals surface area contributed by atoms with E-state index in [9.17, 15) is 0 Å². The van der Waals surface area contributed by atoms with Crippen molar-refractivity contribution >= 4 is 11.5 Å². The van der Waals surface area contributed by atoms with E-state index >= 15 is 0 Å². The molecule has 10 aromatic rings. The molecule has 0 aliphatic carbocycles. The summed E-state index contributed by atoms with van der Waals surface area (Å²) in [4.78, 5) is 27.7. The van der Waals surface area contributed by atoms with Gasteiger partial charge < -0.3 is 4.85 Å². The first-order chi connectivity index (χ1) is 38.6. The third kappa shape index (κ3) is 9.66. The molecular formula is C64H48N15+5. The van der Waals surface area contributed by atoms with Crippen molar-refractivity contribution in [2.75, 3.05) is 0 Å². The van der Waals surface area contributed by atoms with E-state index in [-0.39, 0.29) is 5.41 Å². The Balaban J connectivity index is 0.000000105. The number of hydrogen-bond donors (Lipinski definition) is 0. The number of rotatable bonds is 0. The van der Waals surface area contributed by atoms with Crippen LogP contribution in [-0.4, -0.2) is 24.9 Å². The Labute approximate surface area is 457 Å². The average Bonchev–Trinajstić information content (AvgIpc) is 4.38. The number of hydrogen-bond acceptors (Lipinski definition) is 8. The second kappa shape index (κ2) is 21.3. The van der Waals surface area contributed by atoms with Crippen LogP contribution in [0.3, 0.4) is 0 Å². The van der Waals surface area contributed by atoms with E-state index < -0.39 is 0 Å². The summed E-state index contributed by atoms with van der Waals surface area (Å²) < 4.78 is 10.7. The van der Waals surface area contributed by atoms with E-state index in [4.69, 9.17) is 28.9 Å². The quantitative estimate of drug-likeness (QED) is 0.107. The average molecular weight is 1030 g/mol. The fraction of sp³-hybridized carbons (Fsp3) is 0.141. The van der Waals surface area contributed by atoms with Gasteiger partial charge in [-0.1, -0.05) is 27.3 Å². The Morgan fingerprint density at radius 3 is 1.84 bits per heavy atom. The van der Waals surface area contributed by atoms with E-state index in [2.05, 4.69) is 127 Å². The Kier molecular flexibility index (Phi) is 13.5. The van der Waals surface area contributed by atoms with Crippen LogP contribution in [0.15, 0.2) is 177 Å². The summed E-state index contributed by atoms with van der Waals surface area (Å²) >= 11 is 0. The van der Waals surface area contributed by atoms with Crippen molar-refractivity contribution in [3.8, 4) is 74.5 Å². The number of nitrogens with zero attached hydrogens (tertiary/aromatic N) is 15. The van der Waals surface area contributed by atoms with Crippen molar-refractivity contribution in [1.29, 1.82) is 15.8 Å². The standard InChI is InChI=1S/C16H16N3.4C12H8N3/c1-16(2,3)12-6-8-19-10-11-5-7-18-15(17-4)14(11)13(19)9-12;1-13-11-3-2-6-15-8-9-4-5-14-7-10(9)12(11)15;13-7-10-12-9(4-5-14-10)8-15-6-2-1-3-11(12)15;13-6-10-5-9-8-15-4-2-1-3-12(15)11(9)7-14-10;13-5-9-6-14-7-10-11(9)8-15-4-2-1-3-12(10)15/h5-9H,10H2,1-3H3;2-7H,8H2;1-6H,8H2;1-5,7H,8H2;1-4,6-7H,8H2/q5*+1. The SMILES string of the molecule is N#Cc1cc2c(cn1)-c1cccc[n+]1C2.N#Cc1cncc2c1C[n+]1ccccc1-2.N#Cc1nccc2c1-c1cccc[n+]1C2.[C-]#[N+]c1ccc[n+]2c1-c1cnccc1C2.[C-]#[N+]c1nccc2c1-c1cc(C(C)(C)C)cc[n+]1C2. The molecule has 0 saturated heterocycles. The third-order valence-corrected chi connectivity index (χ3v) is 14.4. The van der Waals surface area contributed by atoms with Crippen LogP contribution in [0.2, 0.25) is 0 Å². The number of pyridine rings is 10. The molecule has 374 valence electrons. The topological polar surface area (TPSA) is 164 Å². The molecule has 5 aliphatic heterocycles. The smallest absolute Gasteiger partial charge is 0.283 e. The highest BCUT2D eigenvalue weighted by atomic mass is 15.0. The molecule has 79 heavy (non-hydrogen) atoms. The number of aromatic nitrogens is 10. The first-order valence-corrected chi connectivity index (χ1v) is 25.4. The minimum absolute atomic E-state index is 0.110. The zero-order valence-corrected chi connectivity index (χ0v) is 43.5. The lowest BCUT2D eigenvalue weighted by Gasteiger charge is -2.18. The van der Waals surface area contributed by atoms with Crippen LogP contribution in [0.4, 0.5) is 11.5 Å². The van der Waals surface area contributed by atoms with E-state index in [0.29, 0.717) is 28.5 Å². The summed E-state index contributed by atoms with van der Waals surface area (Å²) in [6.07, 6.45) is 22.5. The number of fused-ring (bicyclic) bond motifs is 15. The van der Waals surface area contributed by atoms with Gasteiger partial charge in [-0.2, -0.15) is 34.1 Å². The van der Waals surface area contributed by atoms with Crippen molar-refractivity contribution in [2.45, 2.75) is 58.9 Å². The molecule has 15 nitrogen and oxygen atoms in total. The van der Waals surface area contributed by atoms with Gasteiger partial charge in [0, 0.05) is 108 Å². The predicted octanol–water partition coefficient (Wildman–Crippen LogP) is 9.00. The first kappa shape index (κ1) is 50.1. The van der Waals surface area contributed by atoms with Crippen LogP contribution in [0, 0.1) is 47.1 Å². The monoisotopic (exact) mass is 1030 g/mol. The molecule has 0 atom stereocenters. The molecular weight excluding hydrogens is 979 g/mol. The first-order valence-electron chi connectivity index (χ1n) is 25.4. The van der Waals surface area contributed by atoms with Crippen LogP contribution >= 0.6 is 0 Å². The van der Waals surface area contributed by atoms with Gasteiger partial charge in [-0.25, -0.2) is 19.4 Å². The Morgan fingerprint density at radius 1 is 0.494 bits per heavy atom. The summed E-state index contributed by atoms with van der Waals surface area (Å²) in [5.74, 6) is 0.509. The van der Waals surface area contributed by atoms with Crippen molar-refractivity contribution in [1.82, 2.24) is 24.9 Å². The van der Waals surface area contributed by atoms with Crippen molar-refractivity contribution < 1.29 is 22.8 Å². The maximum Gasteiger partial charge on any atom is 0.283 e. The zero-order chi connectivity index (χ0) is 54.6. The number of nitriles is 3. The lowest BCUT2D eigenvalue weighted by Crippen LogP contribution is -2.32. The van der Waals surface area contributed by atoms with Gasteiger partial charge in [0.25, 0.3) is 11.5 Å². The molecule has 0 aromatic carbocycles. The fourth-order valence-corrected chi connectivity index (χ4v) is 10.5. The molecule has 0 amide bonds. The normalized spacial score (nSPS) is 11.9. The summed E-state index contributed by atoms with van der Waals surface area (Å²) in [7, 11) is 0. The summed E-state index contributed by atoms with van der Waals surface area (Å²) in [5, 5.41) is 26.8. The maximum absolute atomic E-state index is 9.01. The molecule has 0 bridgehead atoms. The van der Waals surface area contributed by atoms with Crippen LogP contribution in [0.1, 0.15) is 71.1 Å². The van der Waals surface area contributed by atoms with Gasteiger partial charge in [0.1, 0.15) is 30.1 Å². The van der Waals surface area contributed by atoms with Crippen LogP contribution in [0.5, 0.6) is 0 Å². The largest absolute Gasteiger partial charge is 0.360 e. The van der Waals surface area contributed by atoms with E-state index in [1.807, 2.05) is 116 Å². The molecule has 0 fully saturated rings. The van der Waals surface area contributed by atoms with Crippen molar-refractivity contribution in [3.05, 3.63) is 251 Å². The highest BCUT2D eigenvalue weighted by molar-refractivity contribution is 5.77. The zero-order valence-electron chi connectivity index (χ0n) is 43.5. The Morgan fingerprint density at radius 2 is 1.13 bits per heavy atom. The van der Waals surface area contributed by atoms with Crippen LogP contribution < -0.4 is 22.8 Å². The highest BCUT2D eigenvalue weighted by Crippen LogP contribution is 2.37. The minimum atomic E-state index is 0.110. The summed E-state index contributed by atoms with van der Waals surface area (Å²) in [6.45, 7) is 25.2. The van der Waals surface area contributed by atoms with E-state index in [1.165, 1.54) is 33.5 Å². The molecule has 15 heterocycles. The van der Waals surface area contributed by atoms with Gasteiger partial charge in [-0.15, -0.1) is 4.98 Å². The second-order valence-corrected chi connectivity index (χ2v) is 20.1. The highest BCUT2D eigenvalue weighted by Gasteiger charge is 2.33. The maximum atomic E-state index is 9.01. The van der Waals surface area contributed by atoms with Gasteiger partial charge >= 0.3 is 0 Å². The second-order valence-electron chi connectivity index (χ2n) is 20.1. The van der Waals surface area contributed by atoms with Gasteiger partial charge in [0.2, 0.25) is 28.5 Å². The molecule has 0 unspecified atom stereocenters. The van der Waals surface area contributed by atoms with E-state index in [0.717, 1.165) is 88.9 Å². The molecule has 10 aromatic heterocycles. The molecule has 0 N–H and O–H groups in total. The van der Waals surface area contributed by atoms with Gasteiger partial charge in [0.05, 0.1) is 45.5 Å². The molecule has 5 aliphatic rings. The van der Waals surface area contributed by atoms with Crippen LogP contribution in [0.25, 0.3) is 66.0 Å². The molecule has 0 saturated carbocycles. The van der Waals surface area contributed by atoms with Crippen molar-refractivity contribution in [2.24, 2.45) is 0 Å². The lowest BCUT2D eigenvalue weighted by molar-refractivity contribution is -0.672. The Bertz CT molecular complexity index is 4210. The summed E-state index contributed by atoms with van der Waals surface area (Å²) in [5.41, 5.74) is 20.4. The van der Waals surface area contributed by atoms with Gasteiger partial charge in [0.15, 0.2) is 69.4 Å². The van der Waals surface area contributed by atoms with Crippen molar-refractivity contribution in [3.63, 3.8) is 0 Å². The van der Waals surface area contributed by atoms with Crippen LogP contribution in [-0.2, 0) is 38.1 Å². The molecule has 0 spiro atoms. The summed E-state index contributed by atoms with van der Waals surface area (Å²) in [6, 6.07) is 40.5. The predicted molar refractivity (Wildman–Crippen MR) is 290 cm³/mol. The molecule has 15 rings (SSSR count). The molecule has 15 heteroatoms. The third-order valence-electron chi connectivity index (χ3n) is 14.4. The molecule has 0 radical (unpaired) electrons. The minimum Gasteiger partial charge on any atom is -0.360 e. The van der Waals surface area contributed by atoms with Gasteiger partial charge in [-0.3, -0.25) is 9.97 Å². The Hall–Kier alpha value is -11.1. The van der Waals surface area contributed by atoms with E-state index in [1.54, 1.807) is 31.0 Å².